The number of alkyl halides is 4. The molecule has 0 saturated carbocycles. The van der Waals surface area contributed by atoms with E-state index in [1.807, 2.05) is 22.6 Å². The van der Waals surface area contributed by atoms with Crippen molar-refractivity contribution in [1.29, 1.82) is 0 Å². The Morgan fingerprint density at radius 2 is 1.58 bits per heavy atom. The normalized spacial score (nSPS) is 14.5. The highest BCUT2D eigenvalue weighted by Crippen LogP contribution is 2.43. The molecule has 0 unspecified atom stereocenters. The van der Waals surface area contributed by atoms with Gasteiger partial charge >= 0.3 is 0 Å². The van der Waals surface area contributed by atoms with Gasteiger partial charge in [-0.15, -0.1) is 0 Å². The van der Waals surface area contributed by atoms with Gasteiger partial charge in [0, 0.05) is 27.0 Å². The van der Waals surface area contributed by atoms with E-state index in [1.165, 1.54) is 0 Å². The van der Waals surface area contributed by atoms with Crippen LogP contribution in [0.1, 0.15) is 11.1 Å². The number of hydrogen-bond acceptors (Lipinski definition) is 2. The van der Waals surface area contributed by atoms with Crippen LogP contribution in [0, 0.1) is 11.6 Å². The number of hydrogen-bond donors (Lipinski definition) is 0. The minimum atomic E-state index is -2.83. The summed E-state index contributed by atoms with van der Waals surface area (Å²) in [6, 6.07) is 10.0. The molecule has 0 spiro atoms. The zero-order valence-corrected chi connectivity index (χ0v) is 18.1. The third-order valence-electron chi connectivity index (χ3n) is 4.43. The van der Waals surface area contributed by atoms with Crippen molar-refractivity contribution in [3.8, 4) is 5.75 Å². The van der Waals surface area contributed by atoms with Gasteiger partial charge in [0.1, 0.15) is 24.0 Å². The Hall–Kier alpha value is -2.43. The number of nitrogens with zero attached hydrogens (tertiary/aromatic N) is 1. The summed E-state index contributed by atoms with van der Waals surface area (Å²) in [6.07, 6.45) is -4.03. The summed E-state index contributed by atoms with van der Waals surface area (Å²) in [5.74, 6) is -2.70. The van der Waals surface area contributed by atoms with Crippen molar-refractivity contribution in [2.75, 3.05) is 13.2 Å². The summed E-state index contributed by atoms with van der Waals surface area (Å²) >= 11 is 1.92. The van der Waals surface area contributed by atoms with Gasteiger partial charge in [0.05, 0.1) is 17.8 Å². The lowest BCUT2D eigenvalue weighted by Gasteiger charge is -2.34. The van der Waals surface area contributed by atoms with Gasteiger partial charge in [0.25, 0.3) is 12.9 Å². The molecule has 9 heteroatoms. The first-order valence-corrected chi connectivity index (χ1v) is 10.1. The zero-order valence-electron chi connectivity index (χ0n) is 15.9. The van der Waals surface area contributed by atoms with Crippen LogP contribution in [0.3, 0.4) is 0 Å². The van der Waals surface area contributed by atoms with Crippen molar-refractivity contribution < 1.29 is 31.1 Å². The molecule has 1 aliphatic rings. The smallest absolute Gasteiger partial charge is 0.272 e. The van der Waals surface area contributed by atoms with Crippen molar-refractivity contribution >= 4 is 33.9 Å². The number of halogens is 7. The molecule has 0 N–H and O–H groups in total. The molecule has 31 heavy (non-hydrogen) atoms. The Kier molecular flexibility index (Phi) is 7.34. The molecule has 164 valence electrons. The van der Waals surface area contributed by atoms with Gasteiger partial charge in [-0.25, -0.2) is 26.3 Å². The molecular weight excluding hydrogens is 535 g/mol. The quantitative estimate of drug-likeness (QED) is 0.275. The van der Waals surface area contributed by atoms with Gasteiger partial charge in [0.15, 0.2) is 0 Å². The predicted octanol–water partition coefficient (Wildman–Crippen LogP) is 6.89. The minimum absolute atomic E-state index is 0.132. The largest absolute Gasteiger partial charge is 0.487 e. The fourth-order valence-electron chi connectivity index (χ4n) is 3.15. The van der Waals surface area contributed by atoms with Crippen molar-refractivity contribution in [2.45, 2.75) is 12.9 Å². The number of allylic oxidation sites excluding steroid dienone is 3. The molecule has 0 aliphatic carbocycles. The van der Waals surface area contributed by atoms with Gasteiger partial charge in [-0.2, -0.15) is 0 Å². The van der Waals surface area contributed by atoms with Crippen LogP contribution in [0.2, 0.25) is 0 Å². The van der Waals surface area contributed by atoms with Gasteiger partial charge in [-0.1, -0.05) is 36.9 Å². The maximum atomic E-state index is 15.0. The summed E-state index contributed by atoms with van der Waals surface area (Å²) in [5, 5.41) is 0. The van der Waals surface area contributed by atoms with Crippen molar-refractivity contribution in [1.82, 2.24) is 4.90 Å². The van der Waals surface area contributed by atoms with Gasteiger partial charge in [-0.05, 0) is 34.2 Å². The molecule has 1 heterocycles. The SMILES string of the molecule is C=C1C(I)=CC(c2ccccc2)=C(c2c(F)cc(OCC(F)F)cc2F)N1CC(F)F. The van der Waals surface area contributed by atoms with Crippen LogP contribution in [-0.4, -0.2) is 30.9 Å². The van der Waals surface area contributed by atoms with Crippen LogP contribution in [0.25, 0.3) is 11.3 Å². The topological polar surface area (TPSA) is 12.5 Å². The van der Waals surface area contributed by atoms with E-state index in [4.69, 9.17) is 4.74 Å². The van der Waals surface area contributed by atoms with E-state index in [2.05, 4.69) is 6.58 Å². The monoisotopic (exact) mass is 551 g/mol. The summed E-state index contributed by atoms with van der Waals surface area (Å²) in [6.45, 7) is 1.91. The lowest BCUT2D eigenvalue weighted by Crippen LogP contribution is -2.30. The third kappa shape index (κ3) is 5.25. The molecule has 2 nitrogen and oxygen atoms in total. The van der Waals surface area contributed by atoms with Crippen molar-refractivity contribution in [3.63, 3.8) is 0 Å². The first-order chi connectivity index (χ1) is 14.7. The number of rotatable bonds is 7. The lowest BCUT2D eigenvalue weighted by molar-refractivity contribution is 0.0815. The van der Waals surface area contributed by atoms with Crippen LogP contribution in [0.15, 0.2) is 64.4 Å². The second-order valence-electron chi connectivity index (χ2n) is 6.53. The summed E-state index contributed by atoms with van der Waals surface area (Å²) in [5.41, 5.74) is 0.317. The van der Waals surface area contributed by atoms with E-state index in [0.29, 0.717) is 14.7 Å². The Labute approximate surface area is 188 Å². The highest BCUT2D eigenvalue weighted by Gasteiger charge is 2.31. The van der Waals surface area contributed by atoms with Gasteiger partial charge in [0.2, 0.25) is 0 Å². The van der Waals surface area contributed by atoms with Crippen molar-refractivity contribution in [3.05, 3.63) is 87.2 Å². The Morgan fingerprint density at radius 3 is 2.13 bits per heavy atom. The molecule has 0 atom stereocenters. The fraction of sp³-hybridized carbons (Fsp3) is 0.182. The summed E-state index contributed by atoms with van der Waals surface area (Å²) < 4.78 is 86.8. The van der Waals surface area contributed by atoms with E-state index >= 15 is 8.78 Å². The van der Waals surface area contributed by atoms with E-state index < -0.39 is 48.9 Å². The molecule has 0 amide bonds. The molecule has 0 bridgehead atoms. The Bertz CT molecular complexity index is 1010. The molecule has 2 aromatic rings. The molecule has 0 aromatic heterocycles. The average molecular weight is 551 g/mol. The summed E-state index contributed by atoms with van der Waals surface area (Å²) in [7, 11) is 0. The fourth-order valence-corrected chi connectivity index (χ4v) is 3.76. The van der Waals surface area contributed by atoms with Gasteiger partial charge < -0.3 is 9.64 Å². The van der Waals surface area contributed by atoms with E-state index in [9.17, 15) is 17.6 Å². The van der Waals surface area contributed by atoms with E-state index in [-0.39, 0.29) is 11.4 Å². The second kappa shape index (κ2) is 9.80. The van der Waals surface area contributed by atoms with Crippen LogP contribution in [-0.2, 0) is 0 Å². The highest BCUT2D eigenvalue weighted by molar-refractivity contribution is 14.1. The Balaban J connectivity index is 2.24. The average Bonchev–Trinajstić information content (AvgIpc) is 2.71. The minimum Gasteiger partial charge on any atom is -0.487 e. The maximum Gasteiger partial charge on any atom is 0.272 e. The standard InChI is InChI=1S/C22H16F6INO/c1-12-18(29)9-15(13-5-3-2-4-6-13)22(30(12)10-19(25)26)21-16(23)7-14(8-17(21)24)31-11-20(27)28/h2-9,19-20H,1,10-11H2. The molecule has 0 fully saturated rings. The first-order valence-electron chi connectivity index (χ1n) is 9.01. The zero-order chi connectivity index (χ0) is 22.7. The van der Waals surface area contributed by atoms with Crippen LogP contribution < -0.4 is 4.74 Å². The molecular formula is C22H16F6INO. The molecule has 0 saturated heterocycles. The van der Waals surface area contributed by atoms with Crippen LogP contribution in [0.5, 0.6) is 5.75 Å². The Morgan fingerprint density at radius 1 is 0.968 bits per heavy atom. The van der Waals surface area contributed by atoms with Crippen LogP contribution >= 0.6 is 22.6 Å². The van der Waals surface area contributed by atoms with Crippen LogP contribution in [0.4, 0.5) is 26.3 Å². The summed E-state index contributed by atoms with van der Waals surface area (Å²) in [4.78, 5) is 1.07. The molecule has 2 aromatic carbocycles. The predicted molar refractivity (Wildman–Crippen MR) is 115 cm³/mol. The lowest BCUT2D eigenvalue weighted by atomic mass is 9.94. The second-order valence-corrected chi connectivity index (χ2v) is 7.70. The van der Waals surface area contributed by atoms with E-state index in [0.717, 1.165) is 17.0 Å². The number of ether oxygens (including phenoxy) is 1. The van der Waals surface area contributed by atoms with E-state index in [1.54, 1.807) is 36.4 Å². The van der Waals surface area contributed by atoms with Gasteiger partial charge in [-0.3, -0.25) is 0 Å². The maximum absolute atomic E-state index is 15.0. The van der Waals surface area contributed by atoms with Crippen molar-refractivity contribution in [2.24, 2.45) is 0 Å². The molecule has 1 aliphatic heterocycles. The third-order valence-corrected chi connectivity index (χ3v) is 5.37. The molecule has 0 radical (unpaired) electrons. The molecule has 3 rings (SSSR count). The first kappa shape index (κ1) is 23.2. The number of benzene rings is 2. The highest BCUT2D eigenvalue weighted by atomic mass is 127.